The van der Waals surface area contributed by atoms with Crippen molar-refractivity contribution in [1.82, 2.24) is 24.5 Å². The van der Waals surface area contributed by atoms with Crippen LogP contribution in [0.2, 0.25) is 0 Å². The van der Waals surface area contributed by atoms with E-state index in [9.17, 15) is 4.79 Å². The lowest BCUT2D eigenvalue weighted by atomic mass is 10.2. The van der Waals surface area contributed by atoms with Gasteiger partial charge in [0.15, 0.2) is 0 Å². The highest BCUT2D eigenvalue weighted by Gasteiger charge is 2.07. The van der Waals surface area contributed by atoms with Crippen molar-refractivity contribution in [3.8, 4) is 0 Å². The van der Waals surface area contributed by atoms with E-state index in [1.807, 2.05) is 0 Å². The lowest BCUT2D eigenvalue weighted by Crippen LogP contribution is -2.22. The fraction of sp³-hybridized carbons (Fsp3) is 0.333. The molecule has 2 aromatic heterocycles. The Labute approximate surface area is 91.5 Å². The first-order valence-corrected chi connectivity index (χ1v) is 4.73. The molecule has 0 aliphatic heterocycles. The van der Waals surface area contributed by atoms with Crippen molar-refractivity contribution in [3.05, 3.63) is 34.1 Å². The van der Waals surface area contributed by atoms with Gasteiger partial charge in [-0.25, -0.2) is 4.79 Å². The molecule has 0 saturated carbocycles. The highest BCUT2D eigenvalue weighted by molar-refractivity contribution is 5.38. The minimum absolute atomic E-state index is 0.244. The van der Waals surface area contributed by atoms with Crippen molar-refractivity contribution in [3.63, 3.8) is 0 Å². The van der Waals surface area contributed by atoms with E-state index in [0.29, 0.717) is 6.42 Å². The minimum Gasteiger partial charge on any atom is -0.383 e. The van der Waals surface area contributed by atoms with Gasteiger partial charge in [-0.05, 0) is 0 Å². The number of nitrogens with zero attached hydrogens (tertiary/aromatic N) is 5. The van der Waals surface area contributed by atoms with Gasteiger partial charge in [0.25, 0.3) is 0 Å². The zero-order chi connectivity index (χ0) is 11.7. The van der Waals surface area contributed by atoms with Gasteiger partial charge in [0.05, 0.1) is 5.69 Å². The number of aryl methyl sites for hydroxylation is 2. The Hall–Kier alpha value is -2.18. The summed E-state index contributed by atoms with van der Waals surface area (Å²) in [5.41, 5.74) is 6.86. The van der Waals surface area contributed by atoms with Crippen LogP contribution in [0.3, 0.4) is 0 Å². The third kappa shape index (κ3) is 1.92. The zero-order valence-electron chi connectivity index (χ0n) is 9.08. The fourth-order valence-electron chi connectivity index (χ4n) is 1.42. The molecule has 2 rings (SSSR count). The average Bonchev–Trinajstić information content (AvgIpc) is 2.60. The number of aromatic nitrogens is 5. The number of hydrogen-bond acceptors (Lipinski definition) is 5. The number of rotatable bonds is 2. The molecule has 16 heavy (non-hydrogen) atoms. The van der Waals surface area contributed by atoms with E-state index >= 15 is 0 Å². The van der Waals surface area contributed by atoms with Crippen LogP contribution in [0.4, 0.5) is 5.82 Å². The quantitative estimate of drug-likeness (QED) is 0.706. The molecule has 0 fully saturated rings. The Balaban J connectivity index is 2.35. The van der Waals surface area contributed by atoms with Gasteiger partial charge in [0.2, 0.25) is 0 Å². The van der Waals surface area contributed by atoms with Crippen molar-refractivity contribution in [2.24, 2.45) is 14.1 Å². The maximum absolute atomic E-state index is 11.2. The van der Waals surface area contributed by atoms with E-state index in [1.54, 1.807) is 31.2 Å². The zero-order valence-corrected chi connectivity index (χ0v) is 9.08. The van der Waals surface area contributed by atoms with E-state index in [-0.39, 0.29) is 11.5 Å². The number of anilines is 1. The second kappa shape index (κ2) is 3.76. The Morgan fingerprint density at radius 3 is 2.75 bits per heavy atom. The van der Waals surface area contributed by atoms with Crippen molar-refractivity contribution in [1.29, 1.82) is 0 Å². The Morgan fingerprint density at radius 1 is 1.38 bits per heavy atom. The van der Waals surface area contributed by atoms with E-state index < -0.39 is 0 Å². The predicted octanol–water partition coefficient (Wildman–Crippen LogP) is -0.918. The highest BCUT2D eigenvalue weighted by Crippen LogP contribution is 2.09. The van der Waals surface area contributed by atoms with Gasteiger partial charge in [-0.1, -0.05) is 5.21 Å². The van der Waals surface area contributed by atoms with Crippen molar-refractivity contribution in [2.45, 2.75) is 6.42 Å². The Morgan fingerprint density at radius 2 is 2.12 bits per heavy atom. The second-order valence-electron chi connectivity index (χ2n) is 3.61. The highest BCUT2D eigenvalue weighted by atomic mass is 16.1. The van der Waals surface area contributed by atoms with Crippen LogP contribution >= 0.6 is 0 Å². The Bertz CT molecular complexity index is 570. The molecule has 2 heterocycles. The molecule has 2 aromatic rings. The minimum atomic E-state index is -0.361. The van der Waals surface area contributed by atoms with Crippen LogP contribution in [-0.2, 0) is 20.5 Å². The fourth-order valence-corrected chi connectivity index (χ4v) is 1.42. The second-order valence-corrected chi connectivity index (χ2v) is 3.61. The van der Waals surface area contributed by atoms with Gasteiger partial charge in [-0.3, -0.25) is 4.68 Å². The SMILES string of the molecule is Cn1cc(Cc2cn(C)c(=O)nc2N)nn1. The molecule has 0 saturated heterocycles. The molecular formula is C9H12N6O. The molecule has 0 radical (unpaired) electrons. The third-order valence-electron chi connectivity index (χ3n) is 2.22. The van der Waals surface area contributed by atoms with Gasteiger partial charge in [0.1, 0.15) is 5.82 Å². The average molecular weight is 220 g/mol. The molecule has 2 N–H and O–H groups in total. The summed E-state index contributed by atoms with van der Waals surface area (Å²) in [5, 5.41) is 7.77. The summed E-state index contributed by atoms with van der Waals surface area (Å²) in [6, 6.07) is 0. The largest absolute Gasteiger partial charge is 0.383 e. The van der Waals surface area contributed by atoms with Crippen molar-refractivity contribution in [2.75, 3.05) is 5.73 Å². The van der Waals surface area contributed by atoms with Crippen LogP contribution in [-0.4, -0.2) is 24.5 Å². The summed E-state index contributed by atoms with van der Waals surface area (Å²) in [7, 11) is 3.42. The van der Waals surface area contributed by atoms with Crippen LogP contribution in [0.1, 0.15) is 11.3 Å². The first-order chi connectivity index (χ1) is 7.56. The summed E-state index contributed by atoms with van der Waals surface area (Å²) < 4.78 is 3.00. The molecule has 0 aliphatic rings. The first-order valence-electron chi connectivity index (χ1n) is 4.73. The molecule has 0 spiro atoms. The van der Waals surface area contributed by atoms with Gasteiger partial charge in [-0.2, -0.15) is 4.98 Å². The van der Waals surface area contributed by atoms with Gasteiger partial charge >= 0.3 is 5.69 Å². The van der Waals surface area contributed by atoms with E-state index in [4.69, 9.17) is 5.73 Å². The maximum atomic E-state index is 11.2. The van der Waals surface area contributed by atoms with E-state index in [1.165, 1.54) is 4.57 Å². The standard InChI is InChI=1S/C9H12N6O/c1-14-4-6(8(10)11-9(14)16)3-7-5-15(2)13-12-7/h4-5H,3H2,1-2H3,(H2,10,11,16). The van der Waals surface area contributed by atoms with Crippen molar-refractivity contribution >= 4 is 5.82 Å². The summed E-state index contributed by atoms with van der Waals surface area (Å²) in [6.45, 7) is 0. The number of hydrogen-bond donors (Lipinski definition) is 1. The van der Waals surface area contributed by atoms with E-state index in [2.05, 4.69) is 15.3 Å². The molecule has 7 nitrogen and oxygen atoms in total. The topological polar surface area (TPSA) is 91.6 Å². The molecule has 0 aliphatic carbocycles. The van der Waals surface area contributed by atoms with Crippen molar-refractivity contribution < 1.29 is 0 Å². The third-order valence-corrected chi connectivity index (χ3v) is 2.22. The van der Waals surface area contributed by atoms with Crippen LogP contribution in [0.15, 0.2) is 17.2 Å². The molecular weight excluding hydrogens is 208 g/mol. The lowest BCUT2D eigenvalue weighted by Gasteiger charge is -2.04. The smallest absolute Gasteiger partial charge is 0.349 e. The molecule has 0 bridgehead atoms. The van der Waals surface area contributed by atoms with Crippen LogP contribution in [0.5, 0.6) is 0 Å². The molecule has 0 amide bonds. The predicted molar refractivity (Wildman–Crippen MR) is 57.7 cm³/mol. The number of nitrogen functional groups attached to an aromatic ring is 1. The summed E-state index contributed by atoms with van der Waals surface area (Å²) >= 11 is 0. The van der Waals surface area contributed by atoms with Crippen LogP contribution < -0.4 is 11.4 Å². The summed E-state index contributed by atoms with van der Waals surface area (Å²) in [5.74, 6) is 0.244. The molecule has 0 atom stereocenters. The normalized spacial score (nSPS) is 10.6. The number of nitrogens with two attached hydrogens (primary N) is 1. The summed E-state index contributed by atoms with van der Waals surface area (Å²) in [6.07, 6.45) is 3.98. The maximum Gasteiger partial charge on any atom is 0.349 e. The lowest BCUT2D eigenvalue weighted by molar-refractivity contribution is 0.713. The van der Waals surface area contributed by atoms with Crippen LogP contribution in [0, 0.1) is 0 Å². The molecule has 0 unspecified atom stereocenters. The van der Waals surface area contributed by atoms with Gasteiger partial charge in [0, 0.05) is 38.5 Å². The molecule has 84 valence electrons. The van der Waals surface area contributed by atoms with Gasteiger partial charge in [-0.15, -0.1) is 5.10 Å². The first kappa shape index (κ1) is 10.3. The Kier molecular flexibility index (Phi) is 2.43. The molecule has 7 heteroatoms. The van der Waals surface area contributed by atoms with Crippen LogP contribution in [0.25, 0.3) is 0 Å². The monoisotopic (exact) mass is 220 g/mol. The van der Waals surface area contributed by atoms with Gasteiger partial charge < -0.3 is 10.3 Å². The summed E-state index contributed by atoms with van der Waals surface area (Å²) in [4.78, 5) is 14.9. The molecule has 0 aromatic carbocycles. The van der Waals surface area contributed by atoms with E-state index in [0.717, 1.165) is 11.3 Å².